The highest BCUT2D eigenvalue weighted by molar-refractivity contribution is 7.99. The molecule has 0 aromatic heterocycles. The number of phenolic OH excluding ortho intramolecular Hbond substituents is 1. The van der Waals surface area contributed by atoms with Gasteiger partial charge in [0, 0.05) is 47.0 Å². The van der Waals surface area contributed by atoms with E-state index in [1.54, 1.807) is 17.8 Å². The average Bonchev–Trinajstić information content (AvgIpc) is 2.72. The fourth-order valence-electron chi connectivity index (χ4n) is 3.59. The van der Waals surface area contributed by atoms with Gasteiger partial charge >= 0.3 is 0 Å². The molecule has 0 aliphatic carbocycles. The Kier molecular flexibility index (Phi) is 7.54. The van der Waals surface area contributed by atoms with Gasteiger partial charge in [-0.2, -0.15) is 0 Å². The van der Waals surface area contributed by atoms with Crippen LogP contribution >= 0.6 is 48.2 Å². The quantitative estimate of drug-likeness (QED) is 0.693. The van der Waals surface area contributed by atoms with Crippen LogP contribution in [0.4, 0.5) is 0 Å². The van der Waals surface area contributed by atoms with E-state index in [-0.39, 0.29) is 30.9 Å². The molecule has 7 heteroatoms. The maximum Gasteiger partial charge on any atom is 0.115 e. The van der Waals surface area contributed by atoms with E-state index in [0.717, 1.165) is 37.6 Å². The van der Waals surface area contributed by atoms with Crippen LogP contribution < -0.4 is 0 Å². The molecule has 0 amide bonds. The van der Waals surface area contributed by atoms with Crippen molar-refractivity contribution in [3.63, 3.8) is 0 Å². The number of rotatable bonds is 1. The van der Waals surface area contributed by atoms with E-state index < -0.39 is 0 Å². The van der Waals surface area contributed by atoms with Gasteiger partial charge in [0.15, 0.2) is 0 Å². The third kappa shape index (κ3) is 4.44. The first-order valence-electron chi connectivity index (χ1n) is 8.32. The summed E-state index contributed by atoms with van der Waals surface area (Å²) in [5, 5.41) is 10.8. The molecular formula is C19H23Cl3N2OS. The van der Waals surface area contributed by atoms with Gasteiger partial charge in [-0.15, -0.1) is 24.8 Å². The van der Waals surface area contributed by atoms with Gasteiger partial charge in [0.05, 0.1) is 0 Å². The summed E-state index contributed by atoms with van der Waals surface area (Å²) in [7, 11) is 2.18. The second-order valence-corrected chi connectivity index (χ2v) is 8.16. The van der Waals surface area contributed by atoms with Crippen LogP contribution in [0.3, 0.4) is 0 Å². The highest BCUT2D eigenvalue weighted by atomic mass is 35.5. The van der Waals surface area contributed by atoms with E-state index in [2.05, 4.69) is 29.0 Å². The number of nitrogens with zero attached hydrogens (tertiary/aromatic N) is 2. The smallest absolute Gasteiger partial charge is 0.115 e. The van der Waals surface area contributed by atoms with E-state index in [1.807, 2.05) is 18.2 Å². The van der Waals surface area contributed by atoms with Crippen LogP contribution in [0.2, 0.25) is 5.02 Å². The molecule has 2 aromatic rings. The number of fused-ring (bicyclic) bond motifs is 2. The van der Waals surface area contributed by atoms with Crippen LogP contribution in [-0.2, 0) is 6.42 Å². The van der Waals surface area contributed by atoms with E-state index in [9.17, 15) is 5.11 Å². The van der Waals surface area contributed by atoms with Gasteiger partial charge in [-0.05, 0) is 61.0 Å². The van der Waals surface area contributed by atoms with Gasteiger partial charge in [-0.1, -0.05) is 23.4 Å². The van der Waals surface area contributed by atoms with Crippen LogP contribution in [0.25, 0.3) is 0 Å². The van der Waals surface area contributed by atoms with E-state index in [4.69, 9.17) is 11.6 Å². The molecule has 26 heavy (non-hydrogen) atoms. The summed E-state index contributed by atoms with van der Waals surface area (Å²) in [4.78, 5) is 7.42. The molecule has 2 heterocycles. The molecule has 142 valence electrons. The molecule has 3 nitrogen and oxygen atoms in total. The third-order valence-corrected chi connectivity index (χ3v) is 6.43. The second kappa shape index (κ2) is 9.05. The number of hydrogen-bond acceptors (Lipinski definition) is 4. The lowest BCUT2D eigenvalue weighted by Crippen LogP contribution is -2.46. The Labute approximate surface area is 176 Å². The summed E-state index contributed by atoms with van der Waals surface area (Å²) in [5.74, 6) is 0.345. The first-order valence-corrected chi connectivity index (χ1v) is 9.51. The molecule has 2 aliphatic rings. The molecule has 1 atom stereocenters. The lowest BCUT2D eigenvalue weighted by molar-refractivity contribution is 0.109. The molecule has 0 bridgehead atoms. The lowest BCUT2D eigenvalue weighted by Gasteiger charge is -2.38. The monoisotopic (exact) mass is 432 g/mol. The largest absolute Gasteiger partial charge is 0.508 e. The maximum absolute atomic E-state index is 10.0. The van der Waals surface area contributed by atoms with Crippen molar-refractivity contribution in [2.45, 2.75) is 22.3 Å². The summed E-state index contributed by atoms with van der Waals surface area (Å²) in [5.41, 5.74) is 2.53. The van der Waals surface area contributed by atoms with Gasteiger partial charge in [-0.3, -0.25) is 4.90 Å². The van der Waals surface area contributed by atoms with Crippen molar-refractivity contribution < 1.29 is 5.11 Å². The Balaban J connectivity index is 0.00000121. The molecule has 1 N–H and O–H groups in total. The first-order chi connectivity index (χ1) is 11.6. The molecule has 4 rings (SSSR count). The van der Waals surface area contributed by atoms with Gasteiger partial charge in [0.1, 0.15) is 5.75 Å². The van der Waals surface area contributed by atoms with E-state index >= 15 is 0 Å². The van der Waals surface area contributed by atoms with Crippen molar-refractivity contribution in [1.82, 2.24) is 9.80 Å². The van der Waals surface area contributed by atoms with Crippen molar-refractivity contribution >= 4 is 48.2 Å². The molecule has 1 fully saturated rings. The van der Waals surface area contributed by atoms with Crippen molar-refractivity contribution in [2.75, 3.05) is 33.2 Å². The van der Waals surface area contributed by atoms with Crippen molar-refractivity contribution in [3.05, 3.63) is 52.5 Å². The Morgan fingerprint density at radius 1 is 1.00 bits per heavy atom. The number of halogens is 3. The molecule has 0 saturated carbocycles. The third-order valence-electron chi connectivity index (χ3n) is 4.99. The standard InChI is InChI=1S/C19H21ClN2OS.2ClH/c1-21-6-8-22(9-7-21)17-11-13-10-14(20)2-4-18(13)24-19-5-3-15(23)12-16(17)19;;/h2-5,10,12,17,23H,6-9,11H2,1H3;2*1H. The fraction of sp³-hybridized carbons (Fsp3) is 0.368. The molecule has 0 radical (unpaired) electrons. The molecule has 0 spiro atoms. The summed E-state index contributed by atoms with van der Waals surface area (Å²) in [6.07, 6.45) is 0.934. The van der Waals surface area contributed by atoms with E-state index in [1.165, 1.54) is 20.9 Å². The molecule has 1 unspecified atom stereocenters. The summed E-state index contributed by atoms with van der Waals surface area (Å²) in [6, 6.07) is 12.2. The van der Waals surface area contributed by atoms with Crippen LogP contribution in [0.1, 0.15) is 17.2 Å². The minimum atomic E-state index is 0. The Hall–Kier alpha value is -0.620. The van der Waals surface area contributed by atoms with Crippen molar-refractivity contribution in [2.24, 2.45) is 0 Å². The van der Waals surface area contributed by atoms with E-state index in [0.29, 0.717) is 5.75 Å². The second-order valence-electron chi connectivity index (χ2n) is 6.64. The number of aromatic hydroxyl groups is 1. The minimum Gasteiger partial charge on any atom is -0.508 e. The zero-order chi connectivity index (χ0) is 16.7. The molecular weight excluding hydrogens is 411 g/mol. The SMILES string of the molecule is CN1CCN(C2Cc3cc(Cl)ccc3Sc3ccc(O)cc32)CC1.Cl.Cl. The van der Waals surface area contributed by atoms with Gasteiger partial charge in [-0.25, -0.2) is 0 Å². The van der Waals surface area contributed by atoms with Gasteiger partial charge in [0.2, 0.25) is 0 Å². The lowest BCUT2D eigenvalue weighted by atomic mass is 9.96. The minimum absolute atomic E-state index is 0. The Bertz CT molecular complexity index is 766. The number of phenols is 1. The Morgan fingerprint density at radius 2 is 1.69 bits per heavy atom. The van der Waals surface area contributed by atoms with Crippen LogP contribution in [0.15, 0.2) is 46.2 Å². The maximum atomic E-state index is 10.0. The van der Waals surface area contributed by atoms with Crippen LogP contribution in [0.5, 0.6) is 5.75 Å². The van der Waals surface area contributed by atoms with Crippen molar-refractivity contribution in [1.29, 1.82) is 0 Å². The Morgan fingerprint density at radius 3 is 2.42 bits per heavy atom. The average molecular weight is 434 g/mol. The zero-order valence-electron chi connectivity index (χ0n) is 14.5. The predicted molar refractivity (Wildman–Crippen MR) is 114 cm³/mol. The zero-order valence-corrected chi connectivity index (χ0v) is 17.7. The van der Waals surface area contributed by atoms with Crippen molar-refractivity contribution in [3.8, 4) is 5.75 Å². The molecule has 2 aliphatic heterocycles. The highest BCUT2D eigenvalue weighted by Gasteiger charge is 2.29. The molecule has 2 aromatic carbocycles. The highest BCUT2D eigenvalue weighted by Crippen LogP contribution is 2.44. The van der Waals surface area contributed by atoms with Crippen LogP contribution in [-0.4, -0.2) is 48.1 Å². The summed E-state index contributed by atoms with van der Waals surface area (Å²) < 4.78 is 0. The summed E-state index contributed by atoms with van der Waals surface area (Å²) >= 11 is 8.03. The predicted octanol–water partition coefficient (Wildman–Crippen LogP) is 4.89. The van der Waals surface area contributed by atoms with Crippen LogP contribution in [0, 0.1) is 0 Å². The first kappa shape index (κ1) is 21.7. The van der Waals surface area contributed by atoms with Gasteiger partial charge < -0.3 is 10.0 Å². The molecule has 1 saturated heterocycles. The fourth-order valence-corrected chi connectivity index (χ4v) is 4.88. The normalized spacial score (nSPS) is 20.2. The summed E-state index contributed by atoms with van der Waals surface area (Å²) in [6.45, 7) is 4.27. The number of likely N-dealkylation sites (N-methyl/N-ethyl adjacent to an activating group) is 1. The topological polar surface area (TPSA) is 26.7 Å². The number of piperazine rings is 1. The number of hydrogen-bond donors (Lipinski definition) is 1. The van der Waals surface area contributed by atoms with Gasteiger partial charge in [0.25, 0.3) is 0 Å². The number of benzene rings is 2.